The molecule has 3 saturated heterocycles. The molecule has 4 aliphatic rings. The number of piperidine rings is 1. The molecule has 3 fully saturated rings. The number of nitrogens with zero attached hydrogens (tertiary/aromatic N) is 3. The van der Waals surface area contributed by atoms with Crippen molar-refractivity contribution in [2.45, 2.75) is 71.1 Å². The first-order chi connectivity index (χ1) is 17.2. The van der Waals surface area contributed by atoms with Crippen LogP contribution in [0.5, 0.6) is 5.75 Å². The van der Waals surface area contributed by atoms with Gasteiger partial charge in [0.2, 0.25) is 0 Å². The van der Waals surface area contributed by atoms with Crippen molar-refractivity contribution < 1.29 is 13.9 Å². The lowest BCUT2D eigenvalue weighted by atomic mass is 9.99. The molecule has 0 aromatic heterocycles. The number of ether oxygens (including phenoxy) is 1. The van der Waals surface area contributed by atoms with E-state index in [1.54, 1.807) is 4.90 Å². The number of hydrogen-bond acceptors (Lipinski definition) is 6. The van der Waals surface area contributed by atoms with Gasteiger partial charge in [-0.3, -0.25) is 9.69 Å². The van der Waals surface area contributed by atoms with E-state index in [0.717, 1.165) is 31.5 Å². The lowest BCUT2D eigenvalue weighted by Gasteiger charge is -2.39. The molecule has 36 heavy (non-hydrogen) atoms. The Bertz CT molecular complexity index is 1180. The number of fused-ring (bicyclic) bond motifs is 2. The minimum Gasteiger partial charge on any atom is -0.489 e. The van der Waals surface area contributed by atoms with Gasteiger partial charge in [0.05, 0.1) is 35.1 Å². The van der Waals surface area contributed by atoms with Crippen LogP contribution in [-0.4, -0.2) is 65.0 Å². The first-order valence-electron chi connectivity index (χ1n) is 12.8. The van der Waals surface area contributed by atoms with Crippen molar-refractivity contribution >= 4 is 28.9 Å². The van der Waals surface area contributed by atoms with Gasteiger partial charge in [0.1, 0.15) is 23.5 Å². The van der Waals surface area contributed by atoms with E-state index in [1.165, 1.54) is 31.0 Å². The number of hydrogen-bond donors (Lipinski definition) is 2. The van der Waals surface area contributed by atoms with Gasteiger partial charge in [-0.2, -0.15) is 0 Å². The van der Waals surface area contributed by atoms with Gasteiger partial charge in [0, 0.05) is 29.4 Å². The van der Waals surface area contributed by atoms with E-state index in [4.69, 9.17) is 21.7 Å². The van der Waals surface area contributed by atoms with Gasteiger partial charge in [-0.05, 0) is 64.6 Å². The molecule has 3 atom stereocenters. The summed E-state index contributed by atoms with van der Waals surface area (Å²) in [5.41, 5.74) is 2.72. The molecule has 5 rings (SSSR count). The Morgan fingerprint density at radius 2 is 1.97 bits per heavy atom. The molecule has 0 aliphatic carbocycles. The topological polar surface area (TPSA) is 81.0 Å². The average Bonchev–Trinajstić information content (AvgIpc) is 3.33. The number of halogens is 2. The summed E-state index contributed by atoms with van der Waals surface area (Å²) in [6, 6.07) is 5.10. The predicted octanol–water partition coefficient (Wildman–Crippen LogP) is 4.83. The summed E-state index contributed by atoms with van der Waals surface area (Å²) in [5.74, 6) is 0.120. The summed E-state index contributed by atoms with van der Waals surface area (Å²) >= 11 is 6.24. The van der Waals surface area contributed by atoms with Crippen molar-refractivity contribution in [3.63, 3.8) is 0 Å². The maximum atomic E-state index is 14.2. The van der Waals surface area contributed by atoms with E-state index in [0.29, 0.717) is 45.5 Å². The van der Waals surface area contributed by atoms with Crippen LogP contribution >= 0.6 is 11.6 Å². The van der Waals surface area contributed by atoms with Crippen LogP contribution in [0.4, 0.5) is 4.39 Å². The van der Waals surface area contributed by atoms with Crippen molar-refractivity contribution in [3.8, 4) is 5.75 Å². The minimum absolute atomic E-state index is 0.0400. The summed E-state index contributed by atoms with van der Waals surface area (Å²) in [7, 11) is 0. The summed E-state index contributed by atoms with van der Waals surface area (Å²) in [6.45, 7) is 7.36. The van der Waals surface area contributed by atoms with Gasteiger partial charge in [-0.15, -0.1) is 0 Å². The molecule has 1 amide bonds. The highest BCUT2D eigenvalue weighted by molar-refractivity contribution is 6.43. The van der Waals surface area contributed by atoms with Gasteiger partial charge in [0.15, 0.2) is 0 Å². The zero-order valence-corrected chi connectivity index (χ0v) is 21.8. The van der Waals surface area contributed by atoms with Gasteiger partial charge in [-0.25, -0.2) is 9.38 Å². The zero-order chi connectivity index (χ0) is 25.6. The number of nitrogens with one attached hydrogen (secondary N) is 2. The number of benzene rings is 1. The van der Waals surface area contributed by atoms with E-state index in [1.807, 2.05) is 13.8 Å². The van der Waals surface area contributed by atoms with Crippen LogP contribution < -0.4 is 10.1 Å². The molecule has 7 nitrogen and oxygen atoms in total. The van der Waals surface area contributed by atoms with Crippen LogP contribution in [0.3, 0.4) is 0 Å². The summed E-state index contributed by atoms with van der Waals surface area (Å²) in [5, 5.41) is 12.2. The fraction of sp³-hybridized carbons (Fsp3) is 0.519. The lowest BCUT2D eigenvalue weighted by molar-refractivity contribution is 0.0482. The third-order valence-electron chi connectivity index (χ3n) is 7.66. The molecular formula is C27H33ClFN5O2. The van der Waals surface area contributed by atoms with Crippen LogP contribution in [0.1, 0.15) is 63.2 Å². The molecular weight excluding hydrogens is 481 g/mol. The second kappa shape index (κ2) is 9.98. The fourth-order valence-electron chi connectivity index (χ4n) is 5.95. The molecule has 192 valence electrons. The molecule has 4 aliphatic heterocycles. The first-order valence-corrected chi connectivity index (χ1v) is 13.1. The number of likely N-dealkylation sites (tertiary alicyclic amines) is 1. The average molecular weight is 514 g/mol. The minimum atomic E-state index is -0.430. The maximum absolute atomic E-state index is 14.2. The van der Waals surface area contributed by atoms with Crippen molar-refractivity contribution in [2.75, 3.05) is 19.6 Å². The number of amides is 1. The van der Waals surface area contributed by atoms with Crippen molar-refractivity contribution in [2.24, 2.45) is 4.99 Å². The summed E-state index contributed by atoms with van der Waals surface area (Å²) in [6.07, 6.45) is 5.22. The molecule has 0 spiro atoms. The Balaban J connectivity index is 1.34. The SMILES string of the molecule is CCCN1[C@@H]2CC[C@H]1C[C@@H](Oc1cc(F)ccc1C(=O)N1CC(=N)/C(=C3/N=C(C)C(Cl)=C(C)N3)C1)C2. The van der Waals surface area contributed by atoms with Crippen LogP contribution in [0, 0.1) is 11.2 Å². The molecule has 2 N–H and O–H groups in total. The summed E-state index contributed by atoms with van der Waals surface area (Å²) in [4.78, 5) is 22.2. The number of allylic oxidation sites excluding steroid dienone is 2. The van der Waals surface area contributed by atoms with E-state index < -0.39 is 5.82 Å². The Hall–Kier alpha value is -2.71. The van der Waals surface area contributed by atoms with E-state index >= 15 is 0 Å². The number of carbonyl (C=O) groups excluding carboxylic acids is 1. The Morgan fingerprint density at radius 1 is 1.25 bits per heavy atom. The van der Waals surface area contributed by atoms with E-state index in [2.05, 4.69) is 22.1 Å². The number of aliphatic imine (C=N–C) groups is 1. The molecule has 1 aromatic rings. The predicted molar refractivity (Wildman–Crippen MR) is 139 cm³/mol. The van der Waals surface area contributed by atoms with Crippen molar-refractivity contribution in [1.29, 1.82) is 5.41 Å². The van der Waals surface area contributed by atoms with Crippen LogP contribution in [0.15, 0.2) is 45.3 Å². The van der Waals surface area contributed by atoms with E-state index in [9.17, 15) is 9.18 Å². The molecule has 4 heterocycles. The van der Waals surface area contributed by atoms with E-state index in [-0.39, 0.29) is 30.9 Å². The molecule has 0 unspecified atom stereocenters. The molecule has 1 aromatic carbocycles. The van der Waals surface area contributed by atoms with Gasteiger partial charge in [-0.1, -0.05) is 18.5 Å². The number of carbonyl (C=O) groups is 1. The second-order valence-electron chi connectivity index (χ2n) is 10.2. The normalized spacial score (nSPS) is 28.5. The highest BCUT2D eigenvalue weighted by atomic mass is 35.5. The molecule has 0 saturated carbocycles. The monoisotopic (exact) mass is 513 g/mol. The fourth-order valence-corrected chi connectivity index (χ4v) is 6.03. The Morgan fingerprint density at radius 3 is 2.64 bits per heavy atom. The quantitative estimate of drug-likeness (QED) is 0.591. The largest absolute Gasteiger partial charge is 0.489 e. The third kappa shape index (κ3) is 4.68. The van der Waals surface area contributed by atoms with Crippen LogP contribution in [0.25, 0.3) is 0 Å². The van der Waals surface area contributed by atoms with Gasteiger partial charge < -0.3 is 20.4 Å². The van der Waals surface area contributed by atoms with Crippen LogP contribution in [-0.2, 0) is 0 Å². The molecule has 2 bridgehead atoms. The molecule has 0 radical (unpaired) electrons. The highest BCUT2D eigenvalue weighted by Crippen LogP contribution is 2.38. The Labute approximate surface area is 216 Å². The second-order valence-corrected chi connectivity index (χ2v) is 10.6. The van der Waals surface area contributed by atoms with Crippen molar-refractivity contribution in [3.05, 3.63) is 51.7 Å². The Kier molecular flexibility index (Phi) is 6.92. The maximum Gasteiger partial charge on any atom is 0.258 e. The summed E-state index contributed by atoms with van der Waals surface area (Å²) < 4.78 is 20.6. The number of rotatable bonds is 5. The first kappa shape index (κ1) is 25.0. The third-order valence-corrected chi connectivity index (χ3v) is 8.22. The smallest absolute Gasteiger partial charge is 0.258 e. The molecule has 9 heteroatoms. The van der Waals surface area contributed by atoms with Crippen molar-refractivity contribution in [1.82, 2.24) is 15.1 Å². The standard InChI is InChI=1S/C27H33ClFN5O2/c1-4-9-34-18-6-7-19(34)12-20(11-18)36-24-10-17(29)5-8-21(24)27(35)33-13-22(23(30)14-33)26-31-15(2)25(28)16(3)32-26/h5,8,10,18-20,30-31H,4,6-7,9,11-14H2,1-3H3/b26-22+,30-23?/t18-,19+,20+. The highest BCUT2D eigenvalue weighted by Gasteiger charge is 2.41. The van der Waals surface area contributed by atoms with Crippen LogP contribution in [0.2, 0.25) is 0 Å². The van der Waals surface area contributed by atoms with Gasteiger partial charge >= 0.3 is 0 Å². The lowest BCUT2D eigenvalue weighted by Crippen LogP contribution is -2.46. The zero-order valence-electron chi connectivity index (χ0n) is 21.0. The van der Waals surface area contributed by atoms with Gasteiger partial charge in [0.25, 0.3) is 5.91 Å².